The molecule has 0 fully saturated rings. The summed E-state index contributed by atoms with van der Waals surface area (Å²) in [6, 6.07) is 24.9. The molecule has 0 saturated carbocycles. The maximum Gasteiger partial charge on any atom is 0.243 e. The van der Waals surface area contributed by atoms with Crippen LogP contribution in [-0.4, -0.2) is 49.5 Å². The third-order valence-electron chi connectivity index (χ3n) is 6.23. The zero-order valence-electron chi connectivity index (χ0n) is 23.5. The van der Waals surface area contributed by atoms with Gasteiger partial charge in [0, 0.05) is 36.5 Å². The van der Waals surface area contributed by atoms with Crippen LogP contribution in [0.15, 0.2) is 84.9 Å². The van der Waals surface area contributed by atoms with E-state index in [9.17, 15) is 18.0 Å². The zero-order chi connectivity index (χ0) is 29.3. The first-order valence-electron chi connectivity index (χ1n) is 13.3. The SMILES string of the molecule is CC(C)(C)NC(=O)[C@@H](Cc1ccccc1)N(Cc1ccccc1)C(=O)CCCN(c1ccc(Cl)cc1)S(C)(=O)=O. The van der Waals surface area contributed by atoms with Gasteiger partial charge in [-0.2, -0.15) is 0 Å². The number of nitrogens with one attached hydrogen (secondary N) is 1. The van der Waals surface area contributed by atoms with Crippen molar-refractivity contribution in [1.29, 1.82) is 0 Å². The van der Waals surface area contributed by atoms with Gasteiger partial charge in [0.2, 0.25) is 21.8 Å². The van der Waals surface area contributed by atoms with Crippen LogP contribution in [0.25, 0.3) is 0 Å². The molecule has 214 valence electrons. The summed E-state index contributed by atoms with van der Waals surface area (Å²) in [5.41, 5.74) is 1.83. The van der Waals surface area contributed by atoms with Gasteiger partial charge in [0.15, 0.2) is 0 Å². The molecule has 0 spiro atoms. The third kappa shape index (κ3) is 9.68. The Hall–Kier alpha value is -3.36. The number of rotatable bonds is 12. The Balaban J connectivity index is 1.87. The Morgan fingerprint density at radius 3 is 1.95 bits per heavy atom. The molecule has 2 amide bonds. The van der Waals surface area contributed by atoms with E-state index in [1.54, 1.807) is 29.2 Å². The van der Waals surface area contributed by atoms with Gasteiger partial charge in [0.05, 0.1) is 11.9 Å². The lowest BCUT2D eigenvalue weighted by molar-refractivity contribution is -0.142. The molecule has 1 N–H and O–H groups in total. The number of amides is 2. The van der Waals surface area contributed by atoms with E-state index in [0.29, 0.717) is 17.1 Å². The van der Waals surface area contributed by atoms with Crippen molar-refractivity contribution in [1.82, 2.24) is 10.2 Å². The van der Waals surface area contributed by atoms with E-state index < -0.39 is 21.6 Å². The molecule has 0 radical (unpaired) electrons. The van der Waals surface area contributed by atoms with E-state index >= 15 is 0 Å². The molecule has 3 rings (SSSR count). The highest BCUT2D eigenvalue weighted by molar-refractivity contribution is 7.92. The maximum absolute atomic E-state index is 13.8. The van der Waals surface area contributed by atoms with Crippen LogP contribution in [-0.2, 0) is 32.6 Å². The summed E-state index contributed by atoms with van der Waals surface area (Å²) in [5.74, 6) is -0.460. The van der Waals surface area contributed by atoms with Crippen molar-refractivity contribution in [2.75, 3.05) is 17.1 Å². The first-order valence-corrected chi connectivity index (χ1v) is 15.5. The third-order valence-corrected chi connectivity index (χ3v) is 7.68. The largest absolute Gasteiger partial charge is 0.350 e. The van der Waals surface area contributed by atoms with Crippen LogP contribution >= 0.6 is 11.6 Å². The Morgan fingerprint density at radius 1 is 0.875 bits per heavy atom. The summed E-state index contributed by atoms with van der Waals surface area (Å²) in [7, 11) is -3.59. The van der Waals surface area contributed by atoms with Gasteiger partial charge in [0.1, 0.15) is 6.04 Å². The van der Waals surface area contributed by atoms with Crippen LogP contribution in [0.1, 0.15) is 44.7 Å². The minimum Gasteiger partial charge on any atom is -0.350 e. The van der Waals surface area contributed by atoms with Gasteiger partial charge in [-0.05, 0) is 62.6 Å². The summed E-state index contributed by atoms with van der Waals surface area (Å²) in [6.07, 6.45) is 1.83. The van der Waals surface area contributed by atoms with Gasteiger partial charge >= 0.3 is 0 Å². The van der Waals surface area contributed by atoms with E-state index in [-0.39, 0.29) is 37.7 Å². The highest BCUT2D eigenvalue weighted by atomic mass is 35.5. The monoisotopic (exact) mass is 583 g/mol. The normalized spacial score (nSPS) is 12.4. The first kappa shape index (κ1) is 31.2. The predicted molar refractivity (Wildman–Crippen MR) is 162 cm³/mol. The molecule has 1 atom stereocenters. The van der Waals surface area contributed by atoms with Gasteiger partial charge in [-0.15, -0.1) is 0 Å². The van der Waals surface area contributed by atoms with Crippen LogP contribution in [0, 0.1) is 0 Å². The summed E-state index contributed by atoms with van der Waals surface area (Å²) in [6.45, 7) is 6.09. The van der Waals surface area contributed by atoms with Crippen molar-refractivity contribution < 1.29 is 18.0 Å². The maximum atomic E-state index is 13.8. The zero-order valence-corrected chi connectivity index (χ0v) is 25.1. The number of carbonyl (C=O) groups is 2. The van der Waals surface area contributed by atoms with Crippen LogP contribution < -0.4 is 9.62 Å². The predicted octanol–water partition coefficient (Wildman–Crippen LogP) is 5.44. The number of hydrogen-bond acceptors (Lipinski definition) is 4. The van der Waals surface area contributed by atoms with Crippen molar-refractivity contribution in [3.63, 3.8) is 0 Å². The molecule has 0 aromatic heterocycles. The lowest BCUT2D eigenvalue weighted by atomic mass is 10.00. The second-order valence-corrected chi connectivity index (χ2v) is 13.2. The molecule has 9 heteroatoms. The van der Waals surface area contributed by atoms with Crippen molar-refractivity contribution in [3.05, 3.63) is 101 Å². The number of benzene rings is 3. The molecule has 7 nitrogen and oxygen atoms in total. The number of carbonyl (C=O) groups excluding carboxylic acids is 2. The number of hydrogen-bond donors (Lipinski definition) is 1. The highest BCUT2D eigenvalue weighted by Gasteiger charge is 2.32. The number of sulfonamides is 1. The minimum atomic E-state index is -3.59. The van der Waals surface area contributed by atoms with E-state index in [1.807, 2.05) is 81.4 Å². The smallest absolute Gasteiger partial charge is 0.243 e. The number of halogens is 1. The van der Waals surface area contributed by atoms with Gasteiger partial charge in [-0.25, -0.2) is 8.42 Å². The summed E-state index contributed by atoms with van der Waals surface area (Å²) in [4.78, 5) is 29.1. The quantitative estimate of drug-likeness (QED) is 0.307. The second-order valence-electron chi connectivity index (χ2n) is 10.9. The van der Waals surface area contributed by atoms with Crippen LogP contribution in [0.5, 0.6) is 0 Å². The molecule has 0 aliphatic carbocycles. The fourth-order valence-corrected chi connectivity index (χ4v) is 5.49. The van der Waals surface area contributed by atoms with Crippen LogP contribution in [0.2, 0.25) is 5.02 Å². The second kappa shape index (κ2) is 13.8. The minimum absolute atomic E-state index is 0.0700. The van der Waals surface area contributed by atoms with Gasteiger partial charge < -0.3 is 10.2 Å². The number of nitrogens with zero attached hydrogens (tertiary/aromatic N) is 2. The molecule has 40 heavy (non-hydrogen) atoms. The van der Waals surface area contributed by atoms with Crippen LogP contribution in [0.4, 0.5) is 5.69 Å². The van der Waals surface area contributed by atoms with Crippen LogP contribution in [0.3, 0.4) is 0 Å². The molecular formula is C31H38ClN3O4S. The fourth-order valence-electron chi connectivity index (χ4n) is 4.40. The van der Waals surface area contributed by atoms with Crippen molar-refractivity contribution in [2.45, 2.75) is 58.2 Å². The molecule has 3 aromatic rings. The molecule has 0 bridgehead atoms. The molecule has 3 aromatic carbocycles. The Morgan fingerprint density at radius 2 is 1.43 bits per heavy atom. The van der Waals surface area contributed by atoms with E-state index in [1.165, 1.54) is 4.31 Å². The Bertz CT molecular complexity index is 1360. The van der Waals surface area contributed by atoms with E-state index in [2.05, 4.69) is 5.32 Å². The van der Waals surface area contributed by atoms with Gasteiger partial charge in [0.25, 0.3) is 0 Å². The Kier molecular flexibility index (Phi) is 10.8. The average molecular weight is 584 g/mol. The molecule has 0 aliphatic rings. The molecule has 0 saturated heterocycles. The van der Waals surface area contributed by atoms with Gasteiger partial charge in [-0.1, -0.05) is 72.3 Å². The Labute approximate surface area is 243 Å². The van der Waals surface area contributed by atoms with Crippen molar-refractivity contribution >= 4 is 39.1 Å². The van der Waals surface area contributed by atoms with Crippen molar-refractivity contribution in [3.8, 4) is 0 Å². The standard InChI is InChI=1S/C31H38ClN3O4S/c1-31(2,3)33-30(37)28(22-24-12-7-5-8-13-24)34(23-25-14-9-6-10-15-25)29(36)16-11-21-35(40(4,38)39)27-19-17-26(32)18-20-27/h5-10,12-15,17-20,28H,11,16,21-23H2,1-4H3,(H,33,37)/t28-/m1/s1. The topological polar surface area (TPSA) is 86.8 Å². The lowest BCUT2D eigenvalue weighted by Crippen LogP contribution is -2.54. The van der Waals surface area contributed by atoms with Crippen molar-refractivity contribution in [2.24, 2.45) is 0 Å². The number of anilines is 1. The summed E-state index contributed by atoms with van der Waals surface area (Å²) < 4.78 is 26.4. The molecule has 0 heterocycles. The fraction of sp³-hybridized carbons (Fsp3) is 0.355. The summed E-state index contributed by atoms with van der Waals surface area (Å²) in [5, 5.41) is 3.55. The molecule has 0 unspecified atom stereocenters. The average Bonchev–Trinajstić information content (AvgIpc) is 2.89. The molecular weight excluding hydrogens is 546 g/mol. The molecule has 0 aliphatic heterocycles. The highest BCUT2D eigenvalue weighted by Crippen LogP contribution is 2.22. The van der Waals surface area contributed by atoms with E-state index in [4.69, 9.17) is 11.6 Å². The summed E-state index contributed by atoms with van der Waals surface area (Å²) >= 11 is 5.98. The lowest BCUT2D eigenvalue weighted by Gasteiger charge is -2.34. The van der Waals surface area contributed by atoms with E-state index in [0.717, 1.165) is 17.4 Å². The van der Waals surface area contributed by atoms with Gasteiger partial charge in [-0.3, -0.25) is 13.9 Å². The first-order chi connectivity index (χ1) is 18.8.